The van der Waals surface area contributed by atoms with Gasteiger partial charge in [-0.15, -0.1) is 11.8 Å². The number of halogens is 1. The molecule has 1 unspecified atom stereocenters. The number of amides is 2. The minimum Gasteiger partial charge on any atom is -0.347 e. The second-order valence-electron chi connectivity index (χ2n) is 4.20. The number of hydrogen-bond acceptors (Lipinski definition) is 3. The molecule has 1 N–H and O–H groups in total. The molecule has 0 fully saturated rings. The lowest BCUT2D eigenvalue weighted by Gasteiger charge is -2.14. The van der Waals surface area contributed by atoms with E-state index in [1.54, 1.807) is 27.1 Å². The molecule has 0 aliphatic rings. The third-order valence-electron chi connectivity index (χ3n) is 2.42. The zero-order valence-corrected chi connectivity index (χ0v) is 12.7. The lowest BCUT2D eigenvalue weighted by Crippen LogP contribution is -2.39. The van der Waals surface area contributed by atoms with Gasteiger partial charge in [-0.3, -0.25) is 9.59 Å². The van der Waals surface area contributed by atoms with E-state index in [4.69, 9.17) is 11.6 Å². The van der Waals surface area contributed by atoms with Crippen molar-refractivity contribution in [3.05, 3.63) is 29.3 Å². The number of rotatable bonds is 5. The number of nitrogens with zero attached hydrogens (tertiary/aromatic N) is 1. The first-order chi connectivity index (χ1) is 8.91. The minimum absolute atomic E-state index is 0.0131. The fourth-order valence-electron chi connectivity index (χ4n) is 1.25. The molecule has 0 aliphatic carbocycles. The number of thioether (sulfide) groups is 1. The first-order valence-electron chi connectivity index (χ1n) is 5.81. The predicted octanol–water partition coefficient (Wildman–Crippen LogP) is 2.02. The number of benzene rings is 1. The molecule has 0 heterocycles. The molecule has 0 aliphatic heterocycles. The molecule has 0 radical (unpaired) electrons. The molecule has 1 aromatic rings. The van der Waals surface area contributed by atoms with Crippen LogP contribution in [0.5, 0.6) is 0 Å². The van der Waals surface area contributed by atoms with Crippen molar-refractivity contribution in [2.24, 2.45) is 0 Å². The summed E-state index contributed by atoms with van der Waals surface area (Å²) in [5, 5.41) is 2.92. The van der Waals surface area contributed by atoms with Gasteiger partial charge in [-0.05, 0) is 19.1 Å². The molecular weight excluding hydrogens is 284 g/mol. The second-order valence-corrected chi connectivity index (χ2v) is 5.99. The van der Waals surface area contributed by atoms with Gasteiger partial charge in [0.05, 0.1) is 16.8 Å². The Bertz CT molecular complexity index is 466. The van der Waals surface area contributed by atoms with Crippen molar-refractivity contribution in [1.29, 1.82) is 0 Å². The monoisotopic (exact) mass is 300 g/mol. The topological polar surface area (TPSA) is 49.4 Å². The summed E-state index contributed by atoms with van der Waals surface area (Å²) in [5.41, 5.74) is 0. The largest absolute Gasteiger partial charge is 0.347 e. The van der Waals surface area contributed by atoms with Crippen LogP contribution in [-0.2, 0) is 9.59 Å². The van der Waals surface area contributed by atoms with Crippen LogP contribution in [0.15, 0.2) is 29.2 Å². The predicted molar refractivity (Wildman–Crippen MR) is 78.5 cm³/mol. The van der Waals surface area contributed by atoms with Gasteiger partial charge in [-0.2, -0.15) is 0 Å². The van der Waals surface area contributed by atoms with Crippen molar-refractivity contribution in [1.82, 2.24) is 10.2 Å². The molecule has 0 spiro atoms. The maximum absolute atomic E-state index is 11.8. The maximum Gasteiger partial charge on any atom is 0.241 e. The summed E-state index contributed by atoms with van der Waals surface area (Å²) in [6, 6.07) is 7.35. The highest BCUT2D eigenvalue weighted by atomic mass is 35.5. The fraction of sp³-hybridized carbons (Fsp3) is 0.385. The summed E-state index contributed by atoms with van der Waals surface area (Å²) in [6.07, 6.45) is 0. The van der Waals surface area contributed by atoms with Crippen molar-refractivity contribution in [2.75, 3.05) is 20.6 Å². The number of likely N-dealkylation sites (N-methyl/N-ethyl adjacent to an activating group) is 1. The van der Waals surface area contributed by atoms with Crippen LogP contribution in [0.1, 0.15) is 6.92 Å². The van der Waals surface area contributed by atoms with Gasteiger partial charge in [0, 0.05) is 19.0 Å². The Kier molecular flexibility index (Phi) is 6.18. The summed E-state index contributed by atoms with van der Waals surface area (Å²) < 4.78 is 0. The van der Waals surface area contributed by atoms with Crippen molar-refractivity contribution < 1.29 is 9.59 Å². The molecule has 0 saturated heterocycles. The molecule has 0 aromatic heterocycles. The summed E-state index contributed by atoms with van der Waals surface area (Å²) in [5.74, 6) is -0.316. The van der Waals surface area contributed by atoms with Crippen LogP contribution in [0.2, 0.25) is 5.02 Å². The van der Waals surface area contributed by atoms with Gasteiger partial charge in [0.2, 0.25) is 11.8 Å². The molecule has 0 bridgehead atoms. The molecule has 1 aromatic carbocycles. The molecule has 6 heteroatoms. The smallest absolute Gasteiger partial charge is 0.241 e. The molecule has 0 saturated carbocycles. The van der Waals surface area contributed by atoms with E-state index in [1.807, 2.05) is 18.2 Å². The van der Waals surface area contributed by atoms with E-state index < -0.39 is 0 Å². The third kappa shape index (κ3) is 5.12. The van der Waals surface area contributed by atoms with Crippen molar-refractivity contribution in [2.45, 2.75) is 17.1 Å². The number of nitrogens with one attached hydrogen (secondary N) is 1. The van der Waals surface area contributed by atoms with E-state index in [9.17, 15) is 9.59 Å². The minimum atomic E-state index is -0.310. The Balaban J connectivity index is 2.50. The van der Waals surface area contributed by atoms with E-state index >= 15 is 0 Å². The van der Waals surface area contributed by atoms with Crippen molar-refractivity contribution >= 4 is 35.2 Å². The van der Waals surface area contributed by atoms with Crippen LogP contribution < -0.4 is 5.32 Å². The highest BCUT2D eigenvalue weighted by Crippen LogP contribution is 2.29. The lowest BCUT2D eigenvalue weighted by molar-refractivity contribution is -0.130. The van der Waals surface area contributed by atoms with Crippen LogP contribution in [0.25, 0.3) is 0 Å². The molecule has 1 rings (SSSR count). The highest BCUT2D eigenvalue weighted by molar-refractivity contribution is 8.00. The van der Waals surface area contributed by atoms with Crippen molar-refractivity contribution in [3.63, 3.8) is 0 Å². The van der Waals surface area contributed by atoms with Gasteiger partial charge in [0.15, 0.2) is 0 Å². The molecule has 2 amide bonds. The molecule has 4 nitrogen and oxygen atoms in total. The fourth-order valence-corrected chi connectivity index (χ4v) is 2.43. The van der Waals surface area contributed by atoms with E-state index in [2.05, 4.69) is 5.32 Å². The highest BCUT2D eigenvalue weighted by Gasteiger charge is 2.16. The van der Waals surface area contributed by atoms with E-state index in [0.29, 0.717) is 5.02 Å². The van der Waals surface area contributed by atoms with Gasteiger partial charge in [-0.1, -0.05) is 23.7 Å². The van der Waals surface area contributed by atoms with Crippen LogP contribution in [-0.4, -0.2) is 42.6 Å². The van der Waals surface area contributed by atoms with Gasteiger partial charge in [-0.25, -0.2) is 0 Å². The van der Waals surface area contributed by atoms with Gasteiger partial charge in [0.1, 0.15) is 0 Å². The summed E-state index contributed by atoms with van der Waals surface area (Å²) in [6.45, 7) is 1.79. The van der Waals surface area contributed by atoms with Gasteiger partial charge in [0.25, 0.3) is 0 Å². The van der Waals surface area contributed by atoms with Crippen LogP contribution in [0.3, 0.4) is 0 Å². The zero-order chi connectivity index (χ0) is 14.4. The Hall–Kier alpha value is -1.20. The molecule has 19 heavy (non-hydrogen) atoms. The first-order valence-corrected chi connectivity index (χ1v) is 7.06. The standard InChI is InChI=1S/C13H17ClN2O2S/c1-9(13(18)15-8-12(17)16(2)3)19-11-7-5-4-6-10(11)14/h4-7,9H,8H2,1-3H3,(H,15,18). The maximum atomic E-state index is 11.8. The Morgan fingerprint density at radius 3 is 2.58 bits per heavy atom. The summed E-state index contributed by atoms with van der Waals surface area (Å²) in [4.78, 5) is 25.5. The Labute approximate surface area is 122 Å². The van der Waals surface area contributed by atoms with Crippen LogP contribution in [0, 0.1) is 0 Å². The van der Waals surface area contributed by atoms with Crippen LogP contribution >= 0.6 is 23.4 Å². The number of hydrogen-bond donors (Lipinski definition) is 1. The van der Waals surface area contributed by atoms with E-state index in [0.717, 1.165) is 4.90 Å². The second kappa shape index (κ2) is 7.40. The molecule has 104 valence electrons. The average molecular weight is 301 g/mol. The lowest BCUT2D eigenvalue weighted by atomic mass is 10.4. The first kappa shape index (κ1) is 15.9. The number of carbonyl (C=O) groups is 2. The Morgan fingerprint density at radius 1 is 1.37 bits per heavy atom. The third-order valence-corrected chi connectivity index (χ3v) is 4.04. The summed E-state index contributed by atoms with van der Waals surface area (Å²) in [7, 11) is 3.30. The van der Waals surface area contributed by atoms with E-state index in [1.165, 1.54) is 16.7 Å². The SMILES string of the molecule is CC(Sc1ccccc1Cl)C(=O)NCC(=O)N(C)C. The van der Waals surface area contributed by atoms with E-state index in [-0.39, 0.29) is 23.6 Å². The number of carbonyl (C=O) groups excluding carboxylic acids is 2. The Morgan fingerprint density at radius 2 is 2.00 bits per heavy atom. The molecular formula is C13H17ClN2O2S. The zero-order valence-electron chi connectivity index (χ0n) is 11.1. The summed E-state index contributed by atoms with van der Waals surface area (Å²) >= 11 is 7.40. The van der Waals surface area contributed by atoms with Gasteiger partial charge < -0.3 is 10.2 Å². The van der Waals surface area contributed by atoms with Crippen molar-refractivity contribution in [3.8, 4) is 0 Å². The average Bonchev–Trinajstić information content (AvgIpc) is 2.37. The van der Waals surface area contributed by atoms with Gasteiger partial charge >= 0.3 is 0 Å². The molecule has 1 atom stereocenters. The normalized spacial score (nSPS) is 11.8. The quantitative estimate of drug-likeness (QED) is 0.847. The van der Waals surface area contributed by atoms with Crippen LogP contribution in [0.4, 0.5) is 0 Å².